The lowest BCUT2D eigenvalue weighted by Gasteiger charge is -2.25. The van der Waals surface area contributed by atoms with Crippen LogP contribution < -0.4 is 4.43 Å². The van der Waals surface area contributed by atoms with E-state index in [1.54, 1.807) is 0 Å². The zero-order valence-electron chi connectivity index (χ0n) is 12.3. The molecule has 18 heavy (non-hydrogen) atoms. The fourth-order valence-corrected chi connectivity index (χ4v) is 3.23. The number of hydrogen-bond acceptors (Lipinski definition) is 2. The van der Waals surface area contributed by atoms with E-state index in [2.05, 4.69) is 45.9 Å². The van der Waals surface area contributed by atoms with E-state index in [9.17, 15) is 0 Å². The molecule has 0 heterocycles. The van der Waals surface area contributed by atoms with Crippen molar-refractivity contribution in [1.82, 2.24) is 0 Å². The summed E-state index contributed by atoms with van der Waals surface area (Å²) in [4.78, 5) is 0. The minimum atomic E-state index is -1.63. The smallest absolute Gasteiger partial charge is 0.242 e. The maximum absolute atomic E-state index is 6.08. The van der Waals surface area contributed by atoms with Crippen molar-refractivity contribution in [3.8, 4) is 5.75 Å². The Balaban J connectivity index is 2.99. The fraction of sp³-hybridized carbons (Fsp3) is 0.429. The zero-order valence-corrected chi connectivity index (χ0v) is 14.3. The second kappa shape index (κ2) is 5.32. The lowest BCUT2D eigenvalue weighted by atomic mass is 10.2. The van der Waals surface area contributed by atoms with Gasteiger partial charge in [-0.3, -0.25) is 0 Å². The average Bonchev–Trinajstić information content (AvgIpc) is 2.12. The Kier molecular flexibility index (Phi) is 4.45. The van der Waals surface area contributed by atoms with Crippen LogP contribution >= 0.6 is 0 Å². The van der Waals surface area contributed by atoms with E-state index in [0.29, 0.717) is 0 Å². The lowest BCUT2D eigenvalue weighted by molar-refractivity contribution is 0.504. The normalized spacial score (nSPS) is 12.1. The summed E-state index contributed by atoms with van der Waals surface area (Å²) < 4.78 is 12.0. The topological polar surface area (TPSA) is 18.5 Å². The molecule has 0 amide bonds. The maximum atomic E-state index is 6.08. The number of benzene rings is 1. The summed E-state index contributed by atoms with van der Waals surface area (Å²) in [6, 6.07) is 7.98. The summed E-state index contributed by atoms with van der Waals surface area (Å²) in [5.41, 5.74) is 0.974. The first-order valence-electron chi connectivity index (χ1n) is 6.25. The van der Waals surface area contributed by atoms with Crippen LogP contribution in [0.25, 0.3) is 5.76 Å². The molecule has 4 heteroatoms. The van der Waals surface area contributed by atoms with Crippen molar-refractivity contribution in [2.45, 2.75) is 39.3 Å². The van der Waals surface area contributed by atoms with Crippen molar-refractivity contribution in [3.05, 3.63) is 36.4 Å². The molecular weight excluding hydrogens is 256 g/mol. The molecule has 0 unspecified atom stereocenters. The number of rotatable bonds is 5. The predicted molar refractivity (Wildman–Crippen MR) is 83.9 cm³/mol. The monoisotopic (exact) mass is 280 g/mol. The fourth-order valence-electron chi connectivity index (χ4n) is 1.54. The van der Waals surface area contributed by atoms with Crippen LogP contribution in [0.3, 0.4) is 0 Å². The highest BCUT2D eigenvalue weighted by Crippen LogP contribution is 2.29. The third kappa shape index (κ3) is 5.10. The molecule has 0 fully saturated rings. The Morgan fingerprint density at radius 3 is 2.00 bits per heavy atom. The van der Waals surface area contributed by atoms with E-state index < -0.39 is 16.6 Å². The van der Waals surface area contributed by atoms with Gasteiger partial charge in [-0.05, 0) is 51.4 Å². The van der Waals surface area contributed by atoms with Crippen molar-refractivity contribution in [2.75, 3.05) is 0 Å². The first-order valence-corrected chi connectivity index (χ1v) is 13.1. The summed E-state index contributed by atoms with van der Waals surface area (Å²) in [7, 11) is -3.25. The zero-order chi connectivity index (χ0) is 14.0. The molecule has 0 saturated heterocycles. The SMILES string of the molecule is C=C(O[Si](C)(C)C)c1ccccc1O[Si](C)(C)C. The highest BCUT2D eigenvalue weighted by atomic mass is 28.4. The van der Waals surface area contributed by atoms with Gasteiger partial charge in [-0.1, -0.05) is 18.7 Å². The minimum Gasteiger partial charge on any atom is -0.544 e. The maximum Gasteiger partial charge on any atom is 0.242 e. The van der Waals surface area contributed by atoms with E-state index in [0.717, 1.165) is 17.1 Å². The molecule has 0 N–H and O–H groups in total. The molecule has 0 bridgehead atoms. The molecule has 0 radical (unpaired) electrons. The molecule has 0 spiro atoms. The summed E-state index contributed by atoms with van der Waals surface area (Å²) in [6.45, 7) is 17.0. The predicted octanol–water partition coefficient (Wildman–Crippen LogP) is 4.72. The second-order valence-electron chi connectivity index (χ2n) is 6.35. The quantitative estimate of drug-likeness (QED) is 0.574. The highest BCUT2D eigenvalue weighted by Gasteiger charge is 2.22. The molecule has 0 saturated carbocycles. The number of hydrogen-bond donors (Lipinski definition) is 0. The Labute approximate surface area is 113 Å². The van der Waals surface area contributed by atoms with E-state index in [-0.39, 0.29) is 0 Å². The molecule has 0 aliphatic rings. The van der Waals surface area contributed by atoms with Gasteiger partial charge in [-0.25, -0.2) is 0 Å². The standard InChI is InChI=1S/C14H24O2Si2/c1-12(15-17(2,3)4)13-10-8-9-11-14(13)16-18(5,6)7/h8-11H,1H2,2-7H3. The molecule has 1 rings (SSSR count). The molecule has 100 valence electrons. The summed E-state index contributed by atoms with van der Waals surface area (Å²) >= 11 is 0. The van der Waals surface area contributed by atoms with E-state index in [1.165, 1.54) is 0 Å². The van der Waals surface area contributed by atoms with Crippen molar-refractivity contribution in [2.24, 2.45) is 0 Å². The molecule has 0 aromatic heterocycles. The van der Waals surface area contributed by atoms with Gasteiger partial charge in [0.2, 0.25) is 16.6 Å². The van der Waals surface area contributed by atoms with Gasteiger partial charge >= 0.3 is 0 Å². The molecule has 1 aromatic carbocycles. The van der Waals surface area contributed by atoms with Gasteiger partial charge in [0.25, 0.3) is 0 Å². The van der Waals surface area contributed by atoms with E-state index in [1.807, 2.05) is 24.3 Å². The largest absolute Gasteiger partial charge is 0.544 e. The average molecular weight is 281 g/mol. The van der Waals surface area contributed by atoms with Gasteiger partial charge in [0.05, 0.1) is 5.56 Å². The van der Waals surface area contributed by atoms with Gasteiger partial charge in [0, 0.05) is 0 Å². The molecule has 1 aromatic rings. The summed E-state index contributed by atoms with van der Waals surface area (Å²) in [5, 5.41) is 0. The van der Waals surface area contributed by atoms with Crippen LogP contribution in [0, 0.1) is 0 Å². The van der Waals surface area contributed by atoms with Crippen molar-refractivity contribution in [1.29, 1.82) is 0 Å². The lowest BCUT2D eigenvalue weighted by Crippen LogP contribution is -2.30. The van der Waals surface area contributed by atoms with Gasteiger partial charge in [-0.2, -0.15) is 0 Å². The van der Waals surface area contributed by atoms with Gasteiger partial charge in [-0.15, -0.1) is 0 Å². The molecule has 0 aliphatic carbocycles. The van der Waals surface area contributed by atoms with Crippen LogP contribution in [-0.2, 0) is 4.43 Å². The van der Waals surface area contributed by atoms with Crippen molar-refractivity contribution < 1.29 is 8.85 Å². The van der Waals surface area contributed by atoms with E-state index >= 15 is 0 Å². The third-order valence-electron chi connectivity index (χ3n) is 2.03. The minimum absolute atomic E-state index is 0.725. The van der Waals surface area contributed by atoms with Crippen LogP contribution in [0.15, 0.2) is 30.8 Å². The Morgan fingerprint density at radius 1 is 0.944 bits per heavy atom. The second-order valence-corrected chi connectivity index (χ2v) is 15.2. The Bertz CT molecular complexity index is 428. The van der Waals surface area contributed by atoms with Gasteiger partial charge in [0.1, 0.15) is 11.5 Å². The first kappa shape index (κ1) is 15.1. The Hall–Kier alpha value is -1.01. The summed E-state index contributed by atoms with van der Waals surface area (Å²) in [6.07, 6.45) is 0. The van der Waals surface area contributed by atoms with Crippen molar-refractivity contribution >= 4 is 22.4 Å². The third-order valence-corrected chi connectivity index (χ3v) is 3.72. The van der Waals surface area contributed by atoms with Crippen LogP contribution in [0.2, 0.25) is 39.3 Å². The van der Waals surface area contributed by atoms with E-state index in [4.69, 9.17) is 8.85 Å². The molecular formula is C14H24O2Si2. The van der Waals surface area contributed by atoms with Crippen LogP contribution in [0.4, 0.5) is 0 Å². The highest BCUT2D eigenvalue weighted by molar-refractivity contribution is 6.71. The first-order chi connectivity index (χ1) is 8.08. The number of para-hydroxylation sites is 1. The van der Waals surface area contributed by atoms with Crippen LogP contribution in [0.5, 0.6) is 5.75 Å². The summed E-state index contributed by atoms with van der Waals surface area (Å²) in [5.74, 6) is 1.61. The van der Waals surface area contributed by atoms with Crippen molar-refractivity contribution in [3.63, 3.8) is 0 Å². The van der Waals surface area contributed by atoms with Gasteiger partial charge in [0.15, 0.2) is 0 Å². The molecule has 0 aliphatic heterocycles. The van der Waals surface area contributed by atoms with Crippen LogP contribution in [-0.4, -0.2) is 16.6 Å². The Morgan fingerprint density at radius 2 is 1.50 bits per heavy atom. The van der Waals surface area contributed by atoms with Crippen LogP contribution in [0.1, 0.15) is 5.56 Å². The molecule has 0 atom stereocenters. The van der Waals surface area contributed by atoms with Gasteiger partial charge < -0.3 is 8.85 Å². The molecule has 2 nitrogen and oxygen atoms in total.